The highest BCUT2D eigenvalue weighted by atomic mass is 79.9. The van der Waals surface area contributed by atoms with Crippen molar-refractivity contribution in [2.75, 3.05) is 14.2 Å². The molecular formula is C16H17BrO3. The van der Waals surface area contributed by atoms with Crippen LogP contribution in [0.3, 0.4) is 0 Å². The van der Waals surface area contributed by atoms with Crippen LogP contribution in [-0.2, 0) is 0 Å². The second-order valence-corrected chi connectivity index (χ2v) is 5.45. The molecule has 1 unspecified atom stereocenters. The molecule has 0 spiro atoms. The van der Waals surface area contributed by atoms with Gasteiger partial charge in [-0.15, -0.1) is 0 Å². The van der Waals surface area contributed by atoms with E-state index < -0.39 is 6.10 Å². The van der Waals surface area contributed by atoms with Gasteiger partial charge >= 0.3 is 0 Å². The summed E-state index contributed by atoms with van der Waals surface area (Å²) >= 11 is 3.42. The van der Waals surface area contributed by atoms with E-state index in [-0.39, 0.29) is 0 Å². The van der Waals surface area contributed by atoms with Crippen LogP contribution >= 0.6 is 15.9 Å². The van der Waals surface area contributed by atoms with Crippen LogP contribution in [0.4, 0.5) is 0 Å². The molecule has 0 radical (unpaired) electrons. The van der Waals surface area contributed by atoms with Crippen molar-refractivity contribution in [2.45, 2.75) is 13.0 Å². The number of rotatable bonds is 4. The first kappa shape index (κ1) is 14.9. The Balaban J connectivity index is 2.53. The van der Waals surface area contributed by atoms with Crippen molar-refractivity contribution in [3.63, 3.8) is 0 Å². The molecule has 1 atom stereocenters. The number of aliphatic hydroxyl groups is 1. The number of hydrogen-bond donors (Lipinski definition) is 1. The minimum atomic E-state index is -0.808. The summed E-state index contributed by atoms with van der Waals surface area (Å²) in [6.07, 6.45) is -0.808. The molecule has 0 amide bonds. The van der Waals surface area contributed by atoms with Crippen molar-refractivity contribution < 1.29 is 14.6 Å². The van der Waals surface area contributed by atoms with Gasteiger partial charge in [-0.2, -0.15) is 0 Å². The number of methoxy groups -OCH3 is 2. The van der Waals surface area contributed by atoms with Gasteiger partial charge in [-0.05, 0) is 37.3 Å². The van der Waals surface area contributed by atoms with Crippen LogP contribution in [0.1, 0.15) is 22.8 Å². The molecule has 1 N–H and O–H groups in total. The van der Waals surface area contributed by atoms with Gasteiger partial charge in [0.1, 0.15) is 17.6 Å². The second-order valence-electron chi connectivity index (χ2n) is 4.53. The highest BCUT2D eigenvalue weighted by Crippen LogP contribution is 2.36. The van der Waals surface area contributed by atoms with Gasteiger partial charge in [0.25, 0.3) is 0 Å². The van der Waals surface area contributed by atoms with Crippen LogP contribution in [0.25, 0.3) is 0 Å². The van der Waals surface area contributed by atoms with E-state index in [9.17, 15) is 5.11 Å². The Kier molecular flexibility index (Phi) is 4.68. The lowest BCUT2D eigenvalue weighted by Crippen LogP contribution is -2.05. The van der Waals surface area contributed by atoms with Crippen molar-refractivity contribution in [1.82, 2.24) is 0 Å². The molecule has 0 aromatic heterocycles. The summed E-state index contributed by atoms with van der Waals surface area (Å²) in [6.45, 7) is 1.98. The quantitative estimate of drug-likeness (QED) is 0.921. The molecule has 3 nitrogen and oxygen atoms in total. The van der Waals surface area contributed by atoms with Crippen LogP contribution < -0.4 is 9.47 Å². The standard InChI is InChI=1S/C16H17BrO3/c1-10-4-6-14(19-2)12(8-10)16(18)13-9-11(17)5-7-15(13)20-3/h4-9,16,18H,1-3H3. The molecule has 4 heteroatoms. The van der Waals surface area contributed by atoms with Crippen molar-refractivity contribution in [3.8, 4) is 11.5 Å². The average molecular weight is 337 g/mol. The Morgan fingerprint density at radius 1 is 0.950 bits per heavy atom. The van der Waals surface area contributed by atoms with Gasteiger partial charge < -0.3 is 14.6 Å². The average Bonchev–Trinajstić information content (AvgIpc) is 2.46. The maximum atomic E-state index is 10.7. The molecule has 0 aliphatic carbocycles. The van der Waals surface area contributed by atoms with Crippen LogP contribution in [-0.4, -0.2) is 19.3 Å². The summed E-state index contributed by atoms with van der Waals surface area (Å²) in [5, 5.41) is 10.7. The SMILES string of the molecule is COc1ccc(C)cc1C(O)c1cc(Br)ccc1OC. The molecule has 2 aromatic rings. The van der Waals surface area contributed by atoms with Crippen molar-refractivity contribution in [1.29, 1.82) is 0 Å². The summed E-state index contributed by atoms with van der Waals surface area (Å²) in [6, 6.07) is 11.3. The summed E-state index contributed by atoms with van der Waals surface area (Å²) < 4.78 is 11.5. The summed E-state index contributed by atoms with van der Waals surface area (Å²) in [5.74, 6) is 1.30. The molecule has 0 heterocycles. The van der Waals surface area contributed by atoms with Gasteiger partial charge in [-0.1, -0.05) is 27.6 Å². The maximum Gasteiger partial charge on any atom is 0.125 e. The van der Waals surface area contributed by atoms with Crippen molar-refractivity contribution in [3.05, 3.63) is 57.6 Å². The third kappa shape index (κ3) is 2.97. The van der Waals surface area contributed by atoms with Crippen molar-refractivity contribution >= 4 is 15.9 Å². The first-order valence-corrected chi connectivity index (χ1v) is 7.02. The van der Waals surface area contributed by atoms with Gasteiger partial charge in [0.2, 0.25) is 0 Å². The third-order valence-corrected chi connectivity index (χ3v) is 3.66. The molecule has 0 saturated carbocycles. The van der Waals surface area contributed by atoms with E-state index >= 15 is 0 Å². The summed E-state index contributed by atoms with van der Waals surface area (Å²) in [4.78, 5) is 0. The minimum Gasteiger partial charge on any atom is -0.496 e. The number of aliphatic hydroxyl groups excluding tert-OH is 1. The topological polar surface area (TPSA) is 38.7 Å². The highest BCUT2D eigenvalue weighted by Gasteiger charge is 2.19. The lowest BCUT2D eigenvalue weighted by Gasteiger charge is -2.18. The zero-order valence-electron chi connectivity index (χ0n) is 11.7. The van der Waals surface area contributed by atoms with Gasteiger partial charge in [-0.3, -0.25) is 0 Å². The largest absolute Gasteiger partial charge is 0.496 e. The smallest absolute Gasteiger partial charge is 0.125 e. The number of halogens is 1. The molecule has 0 fully saturated rings. The Hall–Kier alpha value is -1.52. The van der Waals surface area contributed by atoms with Crippen LogP contribution in [0.15, 0.2) is 40.9 Å². The molecule has 106 valence electrons. The van der Waals surface area contributed by atoms with Crippen LogP contribution in [0.2, 0.25) is 0 Å². The Labute approximate surface area is 127 Å². The zero-order valence-corrected chi connectivity index (χ0v) is 13.3. The molecule has 2 aromatic carbocycles. The number of benzene rings is 2. The molecule has 0 saturated heterocycles. The van der Waals surface area contributed by atoms with Gasteiger partial charge in [0, 0.05) is 15.6 Å². The van der Waals surface area contributed by atoms with Crippen molar-refractivity contribution in [2.24, 2.45) is 0 Å². The fraction of sp³-hybridized carbons (Fsp3) is 0.250. The van der Waals surface area contributed by atoms with Crippen LogP contribution in [0, 0.1) is 6.92 Å². The molecule has 2 rings (SSSR count). The second kappa shape index (κ2) is 6.29. The fourth-order valence-electron chi connectivity index (χ4n) is 2.15. The maximum absolute atomic E-state index is 10.7. The fourth-order valence-corrected chi connectivity index (χ4v) is 2.53. The normalized spacial score (nSPS) is 12.1. The first-order valence-electron chi connectivity index (χ1n) is 6.23. The molecule has 0 aliphatic rings. The highest BCUT2D eigenvalue weighted by molar-refractivity contribution is 9.10. The van der Waals surface area contributed by atoms with E-state index in [0.29, 0.717) is 17.1 Å². The summed E-state index contributed by atoms with van der Waals surface area (Å²) in [7, 11) is 3.19. The van der Waals surface area contributed by atoms with Gasteiger partial charge in [-0.25, -0.2) is 0 Å². The van der Waals surface area contributed by atoms with E-state index in [1.54, 1.807) is 14.2 Å². The third-order valence-electron chi connectivity index (χ3n) is 3.17. The molecular weight excluding hydrogens is 320 g/mol. The Bertz CT molecular complexity index is 557. The van der Waals surface area contributed by atoms with E-state index in [2.05, 4.69) is 15.9 Å². The van der Waals surface area contributed by atoms with E-state index in [0.717, 1.165) is 15.6 Å². The lowest BCUT2D eigenvalue weighted by molar-refractivity contribution is 0.209. The number of ether oxygens (including phenoxy) is 2. The Morgan fingerprint density at radius 2 is 1.50 bits per heavy atom. The zero-order chi connectivity index (χ0) is 14.7. The summed E-state index contributed by atoms with van der Waals surface area (Å²) in [5.41, 5.74) is 2.49. The lowest BCUT2D eigenvalue weighted by atomic mass is 9.98. The van der Waals surface area contributed by atoms with E-state index in [1.807, 2.05) is 43.3 Å². The van der Waals surface area contributed by atoms with E-state index in [4.69, 9.17) is 9.47 Å². The van der Waals surface area contributed by atoms with Crippen LogP contribution in [0.5, 0.6) is 11.5 Å². The number of hydrogen-bond acceptors (Lipinski definition) is 3. The Morgan fingerprint density at radius 3 is 2.10 bits per heavy atom. The van der Waals surface area contributed by atoms with E-state index in [1.165, 1.54) is 0 Å². The van der Waals surface area contributed by atoms with Gasteiger partial charge in [0.05, 0.1) is 14.2 Å². The minimum absolute atomic E-state index is 0.643. The van der Waals surface area contributed by atoms with Gasteiger partial charge in [0.15, 0.2) is 0 Å². The molecule has 0 aliphatic heterocycles. The predicted molar refractivity (Wildman–Crippen MR) is 82.5 cm³/mol. The molecule has 20 heavy (non-hydrogen) atoms. The molecule has 0 bridgehead atoms. The first-order chi connectivity index (χ1) is 9.56. The predicted octanol–water partition coefficient (Wildman–Crippen LogP) is 3.86. The number of aryl methyl sites for hydroxylation is 1. The monoisotopic (exact) mass is 336 g/mol.